The van der Waals surface area contributed by atoms with E-state index in [1.807, 2.05) is 12.1 Å². The fraction of sp³-hybridized carbons (Fsp3) is 0.200. The predicted octanol–water partition coefficient (Wildman–Crippen LogP) is 3.99. The molecule has 2 aromatic rings. The van der Waals surface area contributed by atoms with Gasteiger partial charge in [0.05, 0.1) is 20.8 Å². The first kappa shape index (κ1) is 16.0. The zero-order valence-corrected chi connectivity index (χ0v) is 14.3. The van der Waals surface area contributed by atoms with E-state index in [9.17, 15) is 4.79 Å². The highest BCUT2D eigenvalue weighted by Crippen LogP contribution is 2.34. The van der Waals surface area contributed by atoms with E-state index in [-0.39, 0.29) is 12.2 Å². The van der Waals surface area contributed by atoms with Crippen LogP contribution in [0.4, 0.5) is 0 Å². The van der Waals surface area contributed by atoms with E-state index >= 15 is 0 Å². The highest BCUT2D eigenvalue weighted by atomic mass is 127. The van der Waals surface area contributed by atoms with Crippen LogP contribution in [0, 0.1) is 3.57 Å². The molecule has 0 aliphatic carbocycles. The number of carbonyl (C=O) groups is 1. The summed E-state index contributed by atoms with van der Waals surface area (Å²) < 4.78 is 11.4. The molecule has 0 radical (unpaired) electrons. The van der Waals surface area contributed by atoms with Crippen molar-refractivity contribution in [3.8, 4) is 5.75 Å². The molecule has 0 aliphatic rings. The van der Waals surface area contributed by atoms with Gasteiger partial charge >= 0.3 is 5.97 Å². The molecule has 0 bridgehead atoms. The molecule has 0 aliphatic heterocycles. The first-order chi connectivity index (χ1) is 10.0. The maximum atomic E-state index is 11.5. The second-order valence-electron chi connectivity index (χ2n) is 4.18. The molecule has 0 amide bonds. The number of fused-ring (bicyclic) bond motifs is 1. The predicted molar refractivity (Wildman–Crippen MR) is 90.7 cm³/mol. The number of ether oxygens (including phenoxy) is 2. The van der Waals surface area contributed by atoms with Crippen molar-refractivity contribution < 1.29 is 14.3 Å². The summed E-state index contributed by atoms with van der Waals surface area (Å²) in [5, 5.41) is 1.41. The summed E-state index contributed by atoms with van der Waals surface area (Å²) in [5.41, 5.74) is 0.915. The second kappa shape index (κ2) is 7.09. The Hall–Kier alpha value is -1.34. The van der Waals surface area contributed by atoms with Crippen LogP contribution in [0.5, 0.6) is 5.75 Å². The maximum absolute atomic E-state index is 11.5. The summed E-state index contributed by atoms with van der Waals surface area (Å²) >= 11 is 8.32. The van der Waals surface area contributed by atoms with Gasteiger partial charge in [-0.25, -0.2) is 4.79 Å². The number of hydrogen-bond acceptors (Lipinski definition) is 4. The number of halogens is 2. The van der Waals surface area contributed by atoms with Crippen molar-refractivity contribution in [2.24, 2.45) is 0 Å². The van der Waals surface area contributed by atoms with Gasteiger partial charge in [0.25, 0.3) is 0 Å². The summed E-state index contributed by atoms with van der Waals surface area (Å²) in [4.78, 5) is 15.8. The quantitative estimate of drug-likeness (QED) is 0.419. The van der Waals surface area contributed by atoms with E-state index in [1.54, 1.807) is 19.2 Å². The molecule has 0 saturated carbocycles. The van der Waals surface area contributed by atoms with Crippen LogP contribution in [0.3, 0.4) is 0 Å². The van der Waals surface area contributed by atoms with Crippen molar-refractivity contribution in [2.45, 2.75) is 6.92 Å². The molecule has 2 rings (SSSR count). The molecule has 0 saturated heterocycles. The highest BCUT2D eigenvalue weighted by Gasteiger charge is 2.14. The number of pyridine rings is 1. The fourth-order valence-electron chi connectivity index (χ4n) is 1.74. The van der Waals surface area contributed by atoms with Crippen molar-refractivity contribution in [1.29, 1.82) is 0 Å². The average molecular weight is 418 g/mol. The minimum atomic E-state index is -0.460. The largest absolute Gasteiger partial charge is 0.485 e. The van der Waals surface area contributed by atoms with Crippen molar-refractivity contribution in [2.75, 3.05) is 13.2 Å². The van der Waals surface area contributed by atoms with E-state index in [2.05, 4.69) is 34.2 Å². The van der Waals surface area contributed by atoms with E-state index in [4.69, 9.17) is 21.1 Å². The van der Waals surface area contributed by atoms with Crippen LogP contribution < -0.4 is 4.74 Å². The summed E-state index contributed by atoms with van der Waals surface area (Å²) in [6, 6.07) is 5.48. The van der Waals surface area contributed by atoms with Crippen molar-refractivity contribution >= 4 is 51.1 Å². The van der Waals surface area contributed by atoms with Crippen molar-refractivity contribution in [3.63, 3.8) is 0 Å². The lowest BCUT2D eigenvalue weighted by atomic mass is 10.2. The topological polar surface area (TPSA) is 48.4 Å². The molecule has 1 aromatic heterocycles. The number of carbonyl (C=O) groups excluding carboxylic acids is 1. The Bertz CT molecular complexity index is 703. The number of esters is 1. The molecule has 1 aromatic carbocycles. The third-order valence-corrected chi connectivity index (χ3v) is 3.82. The Morgan fingerprint density at radius 2 is 2.29 bits per heavy atom. The van der Waals surface area contributed by atoms with Crippen molar-refractivity contribution in [1.82, 2.24) is 4.98 Å². The van der Waals surface area contributed by atoms with Crippen LogP contribution in [0.2, 0.25) is 5.02 Å². The number of rotatable bonds is 5. The number of nitrogens with zero attached hydrogens (tertiary/aromatic N) is 1. The molecular formula is C15H13ClINO3. The number of aromatic nitrogens is 1. The van der Waals surface area contributed by atoms with Crippen molar-refractivity contribution in [3.05, 3.63) is 45.1 Å². The average Bonchev–Trinajstić information content (AvgIpc) is 2.47. The van der Waals surface area contributed by atoms with Gasteiger partial charge < -0.3 is 9.47 Å². The normalized spacial score (nSPS) is 10.4. The molecule has 6 heteroatoms. The molecule has 0 unspecified atom stereocenters. The second-order valence-corrected chi connectivity index (χ2v) is 5.75. The zero-order valence-electron chi connectivity index (χ0n) is 11.4. The fourth-order valence-corrected chi connectivity index (χ4v) is 2.90. The molecule has 0 atom stereocenters. The van der Waals surface area contributed by atoms with Gasteiger partial charge in [-0.15, -0.1) is 0 Å². The number of hydrogen-bond donors (Lipinski definition) is 0. The van der Waals surface area contributed by atoms with Gasteiger partial charge in [0.2, 0.25) is 0 Å². The Morgan fingerprint density at radius 3 is 3.00 bits per heavy atom. The van der Waals surface area contributed by atoms with E-state index in [0.717, 1.165) is 8.96 Å². The third kappa shape index (κ3) is 3.65. The van der Waals surface area contributed by atoms with Crippen LogP contribution in [-0.2, 0) is 9.53 Å². The Balaban J connectivity index is 2.27. The number of benzene rings is 1. The minimum Gasteiger partial charge on any atom is -0.485 e. The third-order valence-electron chi connectivity index (χ3n) is 2.71. The van der Waals surface area contributed by atoms with Gasteiger partial charge in [-0.2, -0.15) is 0 Å². The van der Waals surface area contributed by atoms with Crippen LogP contribution in [0.15, 0.2) is 36.5 Å². The Kier molecular flexibility index (Phi) is 5.41. The monoisotopic (exact) mass is 417 g/mol. The molecule has 110 valence electrons. The summed E-state index contributed by atoms with van der Waals surface area (Å²) in [6.45, 7) is 5.76. The molecule has 0 spiro atoms. The van der Waals surface area contributed by atoms with Crippen LogP contribution in [0.1, 0.15) is 6.92 Å². The first-order valence-electron chi connectivity index (χ1n) is 6.25. The Morgan fingerprint density at radius 1 is 1.52 bits per heavy atom. The van der Waals surface area contributed by atoms with Crippen LogP contribution in [0.25, 0.3) is 10.9 Å². The summed E-state index contributed by atoms with van der Waals surface area (Å²) in [5.74, 6) is 0.125. The van der Waals surface area contributed by atoms with Gasteiger partial charge in [-0.3, -0.25) is 4.98 Å². The Labute approximate surface area is 141 Å². The molecule has 21 heavy (non-hydrogen) atoms. The van der Waals surface area contributed by atoms with Crippen LogP contribution >= 0.6 is 34.2 Å². The maximum Gasteiger partial charge on any atom is 0.336 e. The minimum absolute atomic E-state index is 0.0438. The van der Waals surface area contributed by atoms with E-state index in [1.165, 1.54) is 0 Å². The standard InChI is InChI=1S/C15H13ClINO3/c1-3-20-15(19)9(2)8-21-14-12(17)7-11(16)10-5-4-6-18-13(10)14/h4-7H,2-3,8H2,1H3. The first-order valence-corrected chi connectivity index (χ1v) is 7.70. The van der Waals surface area contributed by atoms with Gasteiger partial charge in [0.1, 0.15) is 12.1 Å². The van der Waals surface area contributed by atoms with Gasteiger partial charge in [-0.05, 0) is 47.7 Å². The highest BCUT2D eigenvalue weighted by molar-refractivity contribution is 14.1. The lowest BCUT2D eigenvalue weighted by Crippen LogP contribution is -2.13. The molecule has 0 fully saturated rings. The molecule has 1 heterocycles. The zero-order chi connectivity index (χ0) is 15.4. The SMILES string of the molecule is C=C(COc1c(I)cc(Cl)c2cccnc12)C(=O)OCC. The summed E-state index contributed by atoms with van der Waals surface area (Å²) in [6.07, 6.45) is 1.67. The van der Waals surface area contributed by atoms with Crippen LogP contribution in [-0.4, -0.2) is 24.2 Å². The lowest BCUT2D eigenvalue weighted by Gasteiger charge is -2.12. The smallest absolute Gasteiger partial charge is 0.336 e. The molecular weight excluding hydrogens is 405 g/mol. The van der Waals surface area contributed by atoms with E-state index in [0.29, 0.717) is 22.9 Å². The van der Waals surface area contributed by atoms with Gasteiger partial charge in [0.15, 0.2) is 5.75 Å². The van der Waals surface area contributed by atoms with E-state index < -0.39 is 5.97 Å². The van der Waals surface area contributed by atoms with Gasteiger partial charge in [0, 0.05) is 11.6 Å². The summed E-state index contributed by atoms with van der Waals surface area (Å²) in [7, 11) is 0. The lowest BCUT2D eigenvalue weighted by molar-refractivity contribution is -0.138. The molecule has 0 N–H and O–H groups in total. The molecule has 4 nitrogen and oxygen atoms in total. The van der Waals surface area contributed by atoms with Gasteiger partial charge in [-0.1, -0.05) is 18.2 Å².